The number of thiazole rings is 1. The van der Waals surface area contributed by atoms with Gasteiger partial charge in [0.05, 0.1) is 18.7 Å². The summed E-state index contributed by atoms with van der Waals surface area (Å²) in [7, 11) is 1.54. The van der Waals surface area contributed by atoms with Crippen molar-refractivity contribution in [1.29, 1.82) is 0 Å². The minimum atomic E-state index is -0.931. The summed E-state index contributed by atoms with van der Waals surface area (Å²) in [5.74, 6) is -1.76. The molecule has 2 heterocycles. The number of carbonyl (C=O) groups excluding carboxylic acids is 2. The summed E-state index contributed by atoms with van der Waals surface area (Å²) in [6, 6.07) is 9.49. The molecule has 6 nitrogen and oxygen atoms in total. The third-order valence-electron chi connectivity index (χ3n) is 4.92. The van der Waals surface area contributed by atoms with Gasteiger partial charge in [0.2, 0.25) is 0 Å². The highest BCUT2D eigenvalue weighted by Crippen LogP contribution is 2.42. The van der Waals surface area contributed by atoms with Crippen LogP contribution in [0.5, 0.6) is 5.75 Å². The van der Waals surface area contributed by atoms with E-state index in [0.717, 1.165) is 5.56 Å². The first kappa shape index (κ1) is 19.8. The number of carbonyl (C=O) groups is 2. The Morgan fingerprint density at radius 1 is 1.20 bits per heavy atom. The molecule has 8 heteroatoms. The number of Topliss-reactive ketones (excluding diaryl/α,β-unsaturated/α-hetero) is 1. The number of ketones is 1. The first-order chi connectivity index (χ1) is 14.4. The number of hydrogen-bond acceptors (Lipinski definition) is 6. The summed E-state index contributed by atoms with van der Waals surface area (Å²) < 4.78 is 18.7. The quantitative estimate of drug-likeness (QED) is 0.385. The second kappa shape index (κ2) is 7.72. The van der Waals surface area contributed by atoms with Crippen LogP contribution in [0, 0.1) is 12.7 Å². The highest BCUT2D eigenvalue weighted by atomic mass is 32.1. The van der Waals surface area contributed by atoms with Gasteiger partial charge in [0.1, 0.15) is 17.3 Å². The SMILES string of the molecule is COc1ccc(C(O)=C2C(=O)C(=O)N(c3nccs3)C2c2ccc(F)cc2)cc1C. The van der Waals surface area contributed by atoms with Crippen LogP contribution in [0.4, 0.5) is 9.52 Å². The van der Waals surface area contributed by atoms with Crippen molar-refractivity contribution in [3.05, 3.63) is 82.1 Å². The van der Waals surface area contributed by atoms with Crippen LogP contribution >= 0.6 is 11.3 Å². The lowest BCUT2D eigenvalue weighted by molar-refractivity contribution is -0.132. The lowest BCUT2D eigenvalue weighted by Crippen LogP contribution is -2.29. The third kappa shape index (κ3) is 3.25. The van der Waals surface area contributed by atoms with Crippen LogP contribution in [0.15, 0.2) is 59.6 Å². The Morgan fingerprint density at radius 2 is 1.93 bits per heavy atom. The molecule has 0 aliphatic carbocycles. The van der Waals surface area contributed by atoms with Crippen molar-refractivity contribution < 1.29 is 23.8 Å². The number of aliphatic hydroxyl groups is 1. The Kier molecular flexibility index (Phi) is 5.09. The minimum absolute atomic E-state index is 0.0774. The number of aromatic nitrogens is 1. The fraction of sp³-hybridized carbons (Fsp3) is 0.136. The molecule has 1 unspecified atom stereocenters. The number of aliphatic hydroxyl groups excluding tert-OH is 1. The van der Waals surface area contributed by atoms with Crippen molar-refractivity contribution in [3.63, 3.8) is 0 Å². The monoisotopic (exact) mass is 424 g/mol. The average molecular weight is 424 g/mol. The van der Waals surface area contributed by atoms with Crippen LogP contribution in [0.25, 0.3) is 5.76 Å². The van der Waals surface area contributed by atoms with Gasteiger partial charge in [-0.15, -0.1) is 11.3 Å². The van der Waals surface area contributed by atoms with E-state index in [-0.39, 0.29) is 11.3 Å². The van der Waals surface area contributed by atoms with Gasteiger partial charge in [-0.05, 0) is 48.4 Å². The van der Waals surface area contributed by atoms with Crippen LogP contribution < -0.4 is 9.64 Å². The Bertz CT molecular complexity index is 1160. The Hall–Kier alpha value is -3.52. The number of nitrogens with zero attached hydrogens (tertiary/aromatic N) is 2. The molecule has 0 radical (unpaired) electrons. The molecule has 3 aromatic rings. The van der Waals surface area contributed by atoms with E-state index in [4.69, 9.17) is 4.74 Å². The second-order valence-electron chi connectivity index (χ2n) is 6.72. The molecular weight excluding hydrogens is 407 g/mol. The number of benzene rings is 2. The van der Waals surface area contributed by atoms with E-state index in [1.807, 2.05) is 0 Å². The molecule has 1 amide bonds. The molecule has 0 saturated carbocycles. The third-order valence-corrected chi connectivity index (χ3v) is 5.69. The molecule has 0 bridgehead atoms. The van der Waals surface area contributed by atoms with E-state index >= 15 is 0 Å². The zero-order valence-electron chi connectivity index (χ0n) is 16.1. The van der Waals surface area contributed by atoms with Crippen molar-refractivity contribution >= 4 is 33.9 Å². The molecule has 1 saturated heterocycles. The van der Waals surface area contributed by atoms with Gasteiger partial charge in [-0.1, -0.05) is 12.1 Å². The van der Waals surface area contributed by atoms with Gasteiger partial charge in [-0.2, -0.15) is 0 Å². The number of anilines is 1. The molecule has 30 heavy (non-hydrogen) atoms. The maximum absolute atomic E-state index is 13.5. The highest BCUT2D eigenvalue weighted by molar-refractivity contribution is 7.14. The number of rotatable bonds is 4. The van der Waals surface area contributed by atoms with E-state index in [2.05, 4.69) is 4.98 Å². The van der Waals surface area contributed by atoms with Crippen LogP contribution in [-0.2, 0) is 9.59 Å². The highest BCUT2D eigenvalue weighted by Gasteiger charge is 2.47. The van der Waals surface area contributed by atoms with Gasteiger partial charge < -0.3 is 9.84 Å². The number of halogens is 1. The van der Waals surface area contributed by atoms with Crippen molar-refractivity contribution in [2.24, 2.45) is 0 Å². The first-order valence-corrected chi connectivity index (χ1v) is 9.91. The Morgan fingerprint density at radius 3 is 2.53 bits per heavy atom. The van der Waals surface area contributed by atoms with E-state index < -0.39 is 23.5 Å². The Balaban J connectivity index is 1.92. The van der Waals surface area contributed by atoms with Gasteiger partial charge in [0.15, 0.2) is 5.13 Å². The lowest BCUT2D eigenvalue weighted by atomic mass is 9.95. The maximum atomic E-state index is 13.5. The zero-order chi connectivity index (χ0) is 21.4. The predicted molar refractivity (Wildman–Crippen MR) is 111 cm³/mol. The molecule has 2 aromatic carbocycles. The van der Waals surface area contributed by atoms with Crippen LogP contribution in [0.2, 0.25) is 0 Å². The van der Waals surface area contributed by atoms with Gasteiger partial charge in [0.25, 0.3) is 5.78 Å². The summed E-state index contributed by atoms with van der Waals surface area (Å²) in [5.41, 5.74) is 1.54. The van der Waals surface area contributed by atoms with E-state index in [1.165, 1.54) is 53.8 Å². The molecule has 4 rings (SSSR count). The molecule has 1 aromatic heterocycles. The van der Waals surface area contributed by atoms with Crippen LogP contribution in [0.1, 0.15) is 22.7 Å². The normalized spacial score (nSPS) is 18.1. The topological polar surface area (TPSA) is 79.7 Å². The van der Waals surface area contributed by atoms with E-state index in [0.29, 0.717) is 22.0 Å². The molecule has 1 aliphatic rings. The van der Waals surface area contributed by atoms with Crippen molar-refractivity contribution in [2.45, 2.75) is 13.0 Å². The predicted octanol–water partition coefficient (Wildman–Crippen LogP) is 4.23. The number of aryl methyl sites for hydroxylation is 1. The minimum Gasteiger partial charge on any atom is -0.507 e. The molecule has 1 N–H and O–H groups in total. The van der Waals surface area contributed by atoms with Crippen molar-refractivity contribution in [2.75, 3.05) is 12.0 Å². The summed E-state index contributed by atoms with van der Waals surface area (Å²) in [5, 5.41) is 13.0. The van der Waals surface area contributed by atoms with Crippen molar-refractivity contribution in [3.8, 4) is 5.75 Å². The van der Waals surface area contributed by atoms with Gasteiger partial charge in [-0.25, -0.2) is 9.37 Å². The average Bonchev–Trinajstić information content (AvgIpc) is 3.35. The standard InChI is InChI=1S/C22H17FN2O4S/c1-12-11-14(5-8-16(12)29-2)19(26)17-18(13-3-6-15(23)7-4-13)25(21(28)20(17)27)22-24-9-10-30-22/h3-11,18,26H,1-2H3. The van der Waals surface area contributed by atoms with Crippen LogP contribution in [0.3, 0.4) is 0 Å². The maximum Gasteiger partial charge on any atom is 0.301 e. The fourth-order valence-electron chi connectivity index (χ4n) is 3.51. The van der Waals surface area contributed by atoms with Crippen molar-refractivity contribution in [1.82, 2.24) is 4.98 Å². The van der Waals surface area contributed by atoms with E-state index in [1.54, 1.807) is 30.5 Å². The number of hydrogen-bond donors (Lipinski definition) is 1. The first-order valence-electron chi connectivity index (χ1n) is 9.03. The van der Waals surface area contributed by atoms with E-state index in [9.17, 15) is 19.1 Å². The second-order valence-corrected chi connectivity index (χ2v) is 7.59. The summed E-state index contributed by atoms with van der Waals surface area (Å²) in [6.45, 7) is 1.81. The molecule has 1 fully saturated rings. The van der Waals surface area contributed by atoms with Gasteiger partial charge in [0, 0.05) is 17.1 Å². The molecule has 152 valence electrons. The smallest absolute Gasteiger partial charge is 0.301 e. The zero-order valence-corrected chi connectivity index (χ0v) is 16.9. The van der Waals surface area contributed by atoms with Gasteiger partial charge >= 0.3 is 5.91 Å². The van der Waals surface area contributed by atoms with Crippen LogP contribution in [-0.4, -0.2) is 28.9 Å². The number of amides is 1. The van der Waals surface area contributed by atoms with Gasteiger partial charge in [-0.3, -0.25) is 14.5 Å². The molecule has 0 spiro atoms. The lowest BCUT2D eigenvalue weighted by Gasteiger charge is -2.23. The largest absolute Gasteiger partial charge is 0.507 e. The molecular formula is C22H17FN2O4S. The fourth-order valence-corrected chi connectivity index (χ4v) is 4.17. The number of methoxy groups -OCH3 is 1. The summed E-state index contributed by atoms with van der Waals surface area (Å²) >= 11 is 1.19. The summed E-state index contributed by atoms with van der Waals surface area (Å²) in [6.07, 6.45) is 1.52. The Labute approximate surface area is 175 Å². The number of ether oxygens (including phenoxy) is 1. The molecule has 1 atom stereocenters. The summed E-state index contributed by atoms with van der Waals surface area (Å²) in [4.78, 5) is 31.2. The molecule has 1 aliphatic heterocycles.